The van der Waals surface area contributed by atoms with Crippen LogP contribution in [0, 0.1) is 13.8 Å². The van der Waals surface area contributed by atoms with Gasteiger partial charge in [-0.3, -0.25) is 9.36 Å². The van der Waals surface area contributed by atoms with Gasteiger partial charge < -0.3 is 15.4 Å². The van der Waals surface area contributed by atoms with Crippen LogP contribution in [0.2, 0.25) is 0 Å². The van der Waals surface area contributed by atoms with E-state index in [-0.39, 0.29) is 5.92 Å². The summed E-state index contributed by atoms with van der Waals surface area (Å²) >= 11 is 0. The molecule has 37 heavy (non-hydrogen) atoms. The maximum Gasteiger partial charge on any atom is 0.132 e. The molecule has 0 bridgehead atoms. The van der Waals surface area contributed by atoms with Gasteiger partial charge in [-0.05, 0) is 55.8 Å². The van der Waals surface area contributed by atoms with Crippen LogP contribution in [0.15, 0.2) is 84.9 Å². The van der Waals surface area contributed by atoms with Crippen molar-refractivity contribution in [2.75, 3.05) is 17.7 Å². The van der Waals surface area contributed by atoms with Crippen molar-refractivity contribution in [1.82, 2.24) is 19.6 Å². The predicted octanol–water partition coefficient (Wildman–Crippen LogP) is 6.45. The standard InChI is InChI=1S/C30H32N6O/c1-20-26(29(35(3)33-20)31-23-12-8-6-9-13-23)28(22-16-18-25(37-5)19-17-22)27-21(2)34-36(4)30(27)32-24-14-10-7-11-15-24/h6-19,28,31-32H,1-5H3. The van der Waals surface area contributed by atoms with Crippen LogP contribution in [-0.2, 0) is 14.1 Å². The fourth-order valence-electron chi connectivity index (χ4n) is 4.93. The summed E-state index contributed by atoms with van der Waals surface area (Å²) in [5, 5.41) is 16.9. The van der Waals surface area contributed by atoms with Crippen molar-refractivity contribution in [3.8, 4) is 5.75 Å². The molecule has 3 aromatic carbocycles. The molecule has 0 radical (unpaired) electrons. The van der Waals surface area contributed by atoms with Crippen LogP contribution in [-0.4, -0.2) is 26.7 Å². The summed E-state index contributed by atoms with van der Waals surface area (Å²) in [5.41, 5.74) is 7.25. The Morgan fingerprint density at radius 1 is 0.649 bits per heavy atom. The lowest BCUT2D eigenvalue weighted by Gasteiger charge is -2.22. The fourth-order valence-corrected chi connectivity index (χ4v) is 4.93. The predicted molar refractivity (Wildman–Crippen MR) is 149 cm³/mol. The molecule has 0 saturated carbocycles. The number of hydrogen-bond acceptors (Lipinski definition) is 5. The third kappa shape index (κ3) is 4.80. The first kappa shape index (κ1) is 24.2. The molecule has 188 valence electrons. The Kier molecular flexibility index (Phi) is 6.68. The first-order chi connectivity index (χ1) is 18.0. The summed E-state index contributed by atoms with van der Waals surface area (Å²) in [6.07, 6.45) is 0. The van der Waals surface area contributed by atoms with Gasteiger partial charge in [0.1, 0.15) is 17.4 Å². The van der Waals surface area contributed by atoms with Gasteiger partial charge in [0.25, 0.3) is 0 Å². The molecule has 0 aliphatic rings. The minimum atomic E-state index is -0.134. The molecular weight excluding hydrogens is 460 g/mol. The van der Waals surface area contributed by atoms with Gasteiger partial charge in [0, 0.05) is 42.5 Å². The van der Waals surface area contributed by atoms with Gasteiger partial charge in [-0.2, -0.15) is 10.2 Å². The van der Waals surface area contributed by atoms with Crippen LogP contribution in [0.25, 0.3) is 0 Å². The van der Waals surface area contributed by atoms with Gasteiger partial charge in [0.2, 0.25) is 0 Å². The molecular formula is C30H32N6O. The van der Waals surface area contributed by atoms with Gasteiger partial charge in [0.05, 0.1) is 18.5 Å². The molecule has 0 unspecified atom stereocenters. The number of ether oxygens (including phenoxy) is 1. The van der Waals surface area contributed by atoms with Crippen molar-refractivity contribution < 1.29 is 4.74 Å². The number of anilines is 4. The van der Waals surface area contributed by atoms with Crippen LogP contribution in [0.1, 0.15) is 34.0 Å². The molecule has 5 rings (SSSR count). The normalized spacial score (nSPS) is 11.1. The van der Waals surface area contributed by atoms with E-state index >= 15 is 0 Å². The van der Waals surface area contributed by atoms with Crippen molar-refractivity contribution in [1.29, 1.82) is 0 Å². The highest BCUT2D eigenvalue weighted by atomic mass is 16.5. The largest absolute Gasteiger partial charge is 0.497 e. The summed E-state index contributed by atoms with van der Waals surface area (Å²) in [7, 11) is 5.64. The molecule has 5 aromatic rings. The number of methoxy groups -OCH3 is 1. The Balaban J connectivity index is 1.72. The van der Waals surface area contributed by atoms with Crippen LogP contribution in [0.3, 0.4) is 0 Å². The van der Waals surface area contributed by atoms with Gasteiger partial charge >= 0.3 is 0 Å². The average Bonchev–Trinajstić information content (AvgIpc) is 3.34. The van der Waals surface area contributed by atoms with Crippen LogP contribution < -0.4 is 15.4 Å². The molecule has 2 heterocycles. The van der Waals surface area contributed by atoms with Crippen LogP contribution in [0.5, 0.6) is 5.75 Å². The highest BCUT2D eigenvalue weighted by Crippen LogP contribution is 2.44. The van der Waals surface area contributed by atoms with Crippen molar-refractivity contribution in [3.05, 3.63) is 113 Å². The number of hydrogen-bond donors (Lipinski definition) is 2. The second-order valence-electron chi connectivity index (χ2n) is 9.13. The molecule has 2 aromatic heterocycles. The lowest BCUT2D eigenvalue weighted by molar-refractivity contribution is 0.414. The molecule has 0 fully saturated rings. The number of para-hydroxylation sites is 2. The summed E-state index contributed by atoms with van der Waals surface area (Å²) in [4.78, 5) is 0. The van der Waals surface area contributed by atoms with Crippen LogP contribution >= 0.6 is 0 Å². The van der Waals surface area contributed by atoms with E-state index in [1.807, 2.05) is 72.0 Å². The minimum Gasteiger partial charge on any atom is -0.497 e. The number of aromatic nitrogens is 4. The van der Waals surface area contributed by atoms with E-state index in [0.717, 1.165) is 56.8 Å². The molecule has 0 saturated heterocycles. The molecule has 7 heteroatoms. The Morgan fingerprint density at radius 2 is 1.08 bits per heavy atom. The van der Waals surface area contributed by atoms with Crippen molar-refractivity contribution in [3.63, 3.8) is 0 Å². The first-order valence-corrected chi connectivity index (χ1v) is 12.3. The van der Waals surface area contributed by atoms with E-state index in [1.54, 1.807) is 7.11 Å². The van der Waals surface area contributed by atoms with Gasteiger partial charge in [-0.1, -0.05) is 48.5 Å². The fraction of sp³-hybridized carbons (Fsp3) is 0.200. The summed E-state index contributed by atoms with van der Waals surface area (Å²) in [6.45, 7) is 4.13. The number of aryl methyl sites for hydroxylation is 4. The molecule has 0 aliphatic carbocycles. The molecule has 0 aliphatic heterocycles. The summed E-state index contributed by atoms with van der Waals surface area (Å²) in [5.74, 6) is 2.57. The maximum absolute atomic E-state index is 5.46. The van der Waals surface area contributed by atoms with Gasteiger partial charge in [0.15, 0.2) is 0 Å². The topological polar surface area (TPSA) is 68.9 Å². The van der Waals surface area contributed by atoms with E-state index in [9.17, 15) is 0 Å². The van der Waals surface area contributed by atoms with E-state index in [0.29, 0.717) is 0 Å². The maximum atomic E-state index is 5.46. The highest BCUT2D eigenvalue weighted by molar-refractivity contribution is 5.70. The van der Waals surface area contributed by atoms with E-state index < -0.39 is 0 Å². The zero-order valence-electron chi connectivity index (χ0n) is 21.9. The molecule has 2 N–H and O–H groups in total. The first-order valence-electron chi connectivity index (χ1n) is 12.3. The molecule has 7 nitrogen and oxygen atoms in total. The average molecular weight is 493 g/mol. The molecule has 0 atom stereocenters. The SMILES string of the molecule is COc1ccc(C(c2c(C)nn(C)c2Nc2ccccc2)c2c(C)nn(C)c2Nc2ccccc2)cc1. The number of benzene rings is 3. The Bertz CT molecular complexity index is 1400. The van der Waals surface area contributed by atoms with Crippen molar-refractivity contribution in [2.24, 2.45) is 14.1 Å². The van der Waals surface area contributed by atoms with Crippen molar-refractivity contribution >= 4 is 23.0 Å². The number of nitrogens with one attached hydrogen (secondary N) is 2. The summed E-state index contributed by atoms with van der Waals surface area (Å²) < 4.78 is 9.31. The third-order valence-corrected chi connectivity index (χ3v) is 6.64. The Labute approximate surface area is 217 Å². The Morgan fingerprint density at radius 3 is 1.49 bits per heavy atom. The summed E-state index contributed by atoms with van der Waals surface area (Å²) in [6, 6.07) is 28.7. The third-order valence-electron chi connectivity index (χ3n) is 6.64. The monoisotopic (exact) mass is 492 g/mol. The van der Waals surface area contributed by atoms with Gasteiger partial charge in [-0.15, -0.1) is 0 Å². The lowest BCUT2D eigenvalue weighted by atomic mass is 9.84. The smallest absolute Gasteiger partial charge is 0.132 e. The second kappa shape index (κ2) is 10.2. The van der Waals surface area contributed by atoms with E-state index in [2.05, 4.69) is 60.9 Å². The quantitative estimate of drug-likeness (QED) is 0.261. The van der Waals surface area contributed by atoms with E-state index in [1.165, 1.54) is 0 Å². The number of nitrogens with zero attached hydrogens (tertiary/aromatic N) is 4. The number of rotatable bonds is 8. The van der Waals surface area contributed by atoms with Crippen molar-refractivity contribution in [2.45, 2.75) is 19.8 Å². The highest BCUT2D eigenvalue weighted by Gasteiger charge is 2.31. The minimum absolute atomic E-state index is 0.134. The van der Waals surface area contributed by atoms with Crippen LogP contribution in [0.4, 0.5) is 23.0 Å². The molecule has 0 amide bonds. The lowest BCUT2D eigenvalue weighted by Crippen LogP contribution is -2.11. The molecule has 0 spiro atoms. The van der Waals surface area contributed by atoms with Gasteiger partial charge in [-0.25, -0.2) is 0 Å². The second-order valence-corrected chi connectivity index (χ2v) is 9.13. The zero-order valence-corrected chi connectivity index (χ0v) is 21.9. The van der Waals surface area contributed by atoms with E-state index in [4.69, 9.17) is 14.9 Å². The zero-order chi connectivity index (χ0) is 25.9. The Hall–Kier alpha value is -4.52.